The first-order valence-corrected chi connectivity index (χ1v) is 6.34. The van der Waals surface area contributed by atoms with Gasteiger partial charge in [0.1, 0.15) is 23.0 Å². The lowest BCUT2D eigenvalue weighted by atomic mass is 10.1. The lowest BCUT2D eigenvalue weighted by Gasteiger charge is -2.03. The molecule has 2 aromatic carbocycles. The van der Waals surface area contributed by atoms with Gasteiger partial charge in [-0.25, -0.2) is 0 Å². The molecule has 0 aliphatic carbocycles. The Morgan fingerprint density at radius 2 is 1.25 bits per heavy atom. The molecule has 0 spiro atoms. The van der Waals surface area contributed by atoms with Crippen molar-refractivity contribution in [1.82, 2.24) is 0 Å². The quantitative estimate of drug-likeness (QED) is 0.589. The summed E-state index contributed by atoms with van der Waals surface area (Å²) in [6, 6.07) is 5.61. The highest BCUT2D eigenvalue weighted by Crippen LogP contribution is 2.33. The van der Waals surface area contributed by atoms with Crippen LogP contribution in [0.25, 0.3) is 0 Å². The maximum atomic E-state index is 9.23. The van der Waals surface area contributed by atoms with E-state index in [9.17, 15) is 5.11 Å². The van der Waals surface area contributed by atoms with Crippen LogP contribution in [0.4, 0.5) is 0 Å². The van der Waals surface area contributed by atoms with E-state index < -0.39 is 0 Å². The number of halogens is 2. The molecule has 0 radical (unpaired) electrons. The van der Waals surface area contributed by atoms with Crippen LogP contribution in [-0.2, 0) is 0 Å². The van der Waals surface area contributed by atoms with Crippen LogP contribution in [-0.4, -0.2) is 20.4 Å². The Morgan fingerprint density at radius 1 is 0.750 bits per heavy atom. The maximum absolute atomic E-state index is 9.23. The largest absolute Gasteiger partial charge is 0.508 e. The minimum Gasteiger partial charge on any atom is -0.508 e. The molecule has 6 heteroatoms. The first kappa shape index (κ1) is 16.3. The summed E-state index contributed by atoms with van der Waals surface area (Å²) in [4.78, 5) is 0. The number of aryl methyl sites for hydroxylation is 1. The number of hydrogen-bond acceptors (Lipinski definition) is 4. The molecule has 0 saturated heterocycles. The van der Waals surface area contributed by atoms with Gasteiger partial charge in [-0.05, 0) is 31.5 Å². The highest BCUT2D eigenvalue weighted by Gasteiger charge is 2.04. The van der Waals surface area contributed by atoms with Crippen LogP contribution in [0.3, 0.4) is 0 Å². The van der Waals surface area contributed by atoms with Crippen molar-refractivity contribution in [3.8, 4) is 23.0 Å². The summed E-state index contributed by atoms with van der Waals surface area (Å²) in [6.07, 6.45) is 0. The van der Waals surface area contributed by atoms with Crippen molar-refractivity contribution in [2.45, 2.75) is 13.8 Å². The van der Waals surface area contributed by atoms with Crippen molar-refractivity contribution < 1.29 is 20.4 Å². The average Bonchev–Trinajstić information content (AvgIpc) is 2.39. The molecule has 0 aliphatic heterocycles. The highest BCUT2D eigenvalue weighted by molar-refractivity contribution is 6.36. The molecule has 2 aromatic rings. The van der Waals surface area contributed by atoms with E-state index in [-0.39, 0.29) is 33.0 Å². The molecule has 0 aromatic heterocycles. The molecule has 0 fully saturated rings. The van der Waals surface area contributed by atoms with Crippen LogP contribution in [0, 0.1) is 13.8 Å². The van der Waals surface area contributed by atoms with Crippen molar-refractivity contribution in [3.63, 3.8) is 0 Å². The van der Waals surface area contributed by atoms with Crippen LogP contribution < -0.4 is 0 Å². The first-order valence-electron chi connectivity index (χ1n) is 5.59. The third-order valence-electron chi connectivity index (χ3n) is 2.62. The van der Waals surface area contributed by atoms with Gasteiger partial charge in [-0.1, -0.05) is 29.3 Å². The van der Waals surface area contributed by atoms with Crippen molar-refractivity contribution in [2.75, 3.05) is 0 Å². The van der Waals surface area contributed by atoms with Gasteiger partial charge in [-0.15, -0.1) is 0 Å². The SMILES string of the molecule is Cc1ccc(O)c(C)c1O.Oc1cc(O)c(Cl)cc1Cl. The predicted molar refractivity (Wildman–Crippen MR) is 79.0 cm³/mol. The zero-order chi connectivity index (χ0) is 15.4. The summed E-state index contributed by atoms with van der Waals surface area (Å²) in [6.45, 7) is 3.47. The van der Waals surface area contributed by atoms with Gasteiger partial charge in [0.15, 0.2) is 0 Å². The summed E-state index contributed by atoms with van der Waals surface area (Å²) >= 11 is 10.9. The van der Waals surface area contributed by atoms with Gasteiger partial charge < -0.3 is 20.4 Å². The molecule has 0 aliphatic rings. The van der Waals surface area contributed by atoms with Gasteiger partial charge >= 0.3 is 0 Å². The van der Waals surface area contributed by atoms with Crippen molar-refractivity contribution in [3.05, 3.63) is 45.4 Å². The fourth-order valence-corrected chi connectivity index (χ4v) is 1.73. The fraction of sp³-hybridized carbons (Fsp3) is 0.143. The van der Waals surface area contributed by atoms with Crippen molar-refractivity contribution in [2.24, 2.45) is 0 Å². The van der Waals surface area contributed by atoms with E-state index in [2.05, 4.69) is 0 Å². The number of phenolic OH excluding ortho intramolecular Hbond substituents is 4. The summed E-state index contributed by atoms with van der Waals surface area (Å²) < 4.78 is 0. The normalized spacial score (nSPS) is 9.80. The van der Waals surface area contributed by atoms with Crippen LogP contribution >= 0.6 is 23.2 Å². The van der Waals surface area contributed by atoms with E-state index in [1.165, 1.54) is 6.07 Å². The highest BCUT2D eigenvalue weighted by atomic mass is 35.5. The zero-order valence-electron chi connectivity index (χ0n) is 10.9. The van der Waals surface area contributed by atoms with Crippen LogP contribution in [0.15, 0.2) is 24.3 Å². The summed E-state index contributed by atoms with van der Waals surface area (Å²) in [7, 11) is 0. The molecule has 0 bridgehead atoms. The molecular formula is C14H14Cl2O4. The molecule has 0 amide bonds. The van der Waals surface area contributed by atoms with E-state index in [1.807, 2.05) is 0 Å². The predicted octanol–water partition coefficient (Wildman–Crippen LogP) is 4.12. The lowest BCUT2D eigenvalue weighted by Crippen LogP contribution is -1.79. The third-order valence-corrected chi connectivity index (χ3v) is 3.23. The number of hydrogen-bond donors (Lipinski definition) is 4. The molecule has 2 rings (SSSR count). The minimum absolute atomic E-state index is 0.128. The van der Waals surface area contributed by atoms with Gasteiger partial charge in [0.25, 0.3) is 0 Å². The Hall–Kier alpha value is -1.78. The Balaban J connectivity index is 0.000000200. The van der Waals surface area contributed by atoms with E-state index in [4.69, 9.17) is 38.5 Å². The summed E-state index contributed by atoms with van der Waals surface area (Å²) in [5, 5.41) is 36.3. The van der Waals surface area contributed by atoms with E-state index in [1.54, 1.807) is 26.0 Å². The van der Waals surface area contributed by atoms with Gasteiger partial charge in [0, 0.05) is 11.6 Å². The summed E-state index contributed by atoms with van der Waals surface area (Å²) in [5.74, 6) is -0.0322. The molecule has 20 heavy (non-hydrogen) atoms. The molecule has 0 unspecified atom stereocenters. The number of aromatic hydroxyl groups is 4. The van der Waals surface area contributed by atoms with Crippen molar-refractivity contribution in [1.29, 1.82) is 0 Å². The Bertz CT molecular complexity index is 550. The van der Waals surface area contributed by atoms with Gasteiger partial charge in [-0.3, -0.25) is 0 Å². The zero-order valence-corrected chi connectivity index (χ0v) is 12.4. The van der Waals surface area contributed by atoms with Gasteiger partial charge in [0.2, 0.25) is 0 Å². The second-order valence-electron chi connectivity index (χ2n) is 4.13. The molecule has 0 atom stereocenters. The monoisotopic (exact) mass is 316 g/mol. The Morgan fingerprint density at radius 3 is 1.65 bits per heavy atom. The van der Waals surface area contributed by atoms with Gasteiger partial charge in [-0.2, -0.15) is 0 Å². The topological polar surface area (TPSA) is 80.9 Å². The fourth-order valence-electron chi connectivity index (χ4n) is 1.35. The Kier molecular flexibility index (Phi) is 5.36. The van der Waals surface area contributed by atoms with Crippen LogP contribution in [0.2, 0.25) is 10.0 Å². The minimum atomic E-state index is -0.177. The van der Waals surface area contributed by atoms with E-state index in [0.29, 0.717) is 5.56 Å². The van der Waals surface area contributed by atoms with Crippen molar-refractivity contribution >= 4 is 23.2 Å². The maximum Gasteiger partial charge on any atom is 0.137 e. The first-order chi connectivity index (χ1) is 9.23. The smallest absolute Gasteiger partial charge is 0.137 e. The number of rotatable bonds is 0. The second-order valence-corrected chi connectivity index (χ2v) is 4.94. The summed E-state index contributed by atoms with van der Waals surface area (Å²) in [5.41, 5.74) is 1.33. The van der Waals surface area contributed by atoms with E-state index >= 15 is 0 Å². The second kappa shape index (κ2) is 6.59. The van der Waals surface area contributed by atoms with E-state index in [0.717, 1.165) is 11.6 Å². The third kappa shape index (κ3) is 3.85. The number of phenols is 4. The van der Waals surface area contributed by atoms with Crippen LogP contribution in [0.5, 0.6) is 23.0 Å². The molecule has 0 heterocycles. The molecule has 4 N–H and O–H groups in total. The standard InChI is InChI=1S/C8H10O2.C6H4Cl2O2/c1-5-3-4-7(9)6(2)8(5)10;7-3-1-4(8)6(10)2-5(3)9/h3-4,9-10H,1-2H3;1-2,9-10H. The molecular weight excluding hydrogens is 303 g/mol. The molecule has 108 valence electrons. The molecule has 4 nitrogen and oxygen atoms in total. The number of benzene rings is 2. The average molecular weight is 317 g/mol. The van der Waals surface area contributed by atoms with Crippen LogP contribution in [0.1, 0.15) is 11.1 Å². The van der Waals surface area contributed by atoms with Gasteiger partial charge in [0.05, 0.1) is 10.0 Å². The molecule has 0 saturated carbocycles. The Labute approximate surface area is 126 Å². The lowest BCUT2D eigenvalue weighted by molar-refractivity contribution is 0.440.